The van der Waals surface area contributed by atoms with Gasteiger partial charge in [-0.2, -0.15) is 0 Å². The maximum atomic E-state index is 5.22. The van der Waals surface area contributed by atoms with Crippen LogP contribution in [0, 0.1) is 0 Å². The first-order valence-electron chi connectivity index (χ1n) is 16.8. The Hall–Kier alpha value is -7.32. The fourth-order valence-corrected chi connectivity index (χ4v) is 6.19. The lowest BCUT2D eigenvalue weighted by molar-refractivity contribution is 1.22. The predicted octanol–water partition coefficient (Wildman–Crippen LogP) is 9.38. The van der Waals surface area contributed by atoms with Gasteiger partial charge in [0.15, 0.2) is 0 Å². The van der Waals surface area contributed by atoms with Crippen molar-refractivity contribution < 1.29 is 0 Å². The molecule has 0 saturated heterocycles. The van der Waals surface area contributed by atoms with Gasteiger partial charge in [-0.05, 0) is 72.8 Å². The minimum absolute atomic E-state index is 0.685. The second-order valence-corrected chi connectivity index (χ2v) is 12.1. The van der Waals surface area contributed by atoms with Gasteiger partial charge < -0.3 is 0 Å². The van der Waals surface area contributed by atoms with E-state index in [0.29, 0.717) is 34.2 Å². The second-order valence-electron chi connectivity index (χ2n) is 12.1. The van der Waals surface area contributed by atoms with E-state index < -0.39 is 0 Å². The van der Waals surface area contributed by atoms with E-state index in [-0.39, 0.29) is 0 Å². The summed E-state index contributed by atoms with van der Waals surface area (Å²) in [5, 5.41) is 0. The van der Waals surface area contributed by atoms with Crippen molar-refractivity contribution in [3.05, 3.63) is 193 Å². The molecular weight excluding hydrogens is 641 g/mol. The van der Waals surface area contributed by atoms with E-state index in [1.807, 2.05) is 97.1 Å². The van der Waals surface area contributed by atoms with E-state index >= 15 is 0 Å². The summed E-state index contributed by atoms with van der Waals surface area (Å²) in [6, 6.07) is 47.8. The first-order chi connectivity index (χ1) is 25.8. The highest BCUT2D eigenvalue weighted by molar-refractivity contribution is 6.21. The molecule has 8 aromatic rings. The number of pyridine rings is 6. The van der Waals surface area contributed by atoms with E-state index in [2.05, 4.69) is 58.5 Å². The van der Waals surface area contributed by atoms with Crippen molar-refractivity contribution in [3.8, 4) is 45.3 Å². The molecule has 52 heavy (non-hydrogen) atoms. The summed E-state index contributed by atoms with van der Waals surface area (Å²) >= 11 is 0. The van der Waals surface area contributed by atoms with Gasteiger partial charge in [-0.25, -0.2) is 20.0 Å². The first kappa shape index (κ1) is 30.7. The lowest BCUT2D eigenvalue weighted by atomic mass is 9.99. The van der Waals surface area contributed by atoms with E-state index in [9.17, 15) is 0 Å². The molecule has 8 heteroatoms. The monoisotopic (exact) mass is 668 g/mol. The molecule has 7 heterocycles. The number of nitrogens with zero attached hydrogens (tertiary/aromatic N) is 8. The lowest BCUT2D eigenvalue weighted by Gasteiger charge is -2.17. The van der Waals surface area contributed by atoms with Crippen molar-refractivity contribution in [2.75, 3.05) is 0 Å². The van der Waals surface area contributed by atoms with Gasteiger partial charge >= 0.3 is 0 Å². The molecule has 0 fully saturated rings. The molecule has 244 valence electrons. The molecular formula is C44H28N8. The molecule has 2 aromatic carbocycles. The van der Waals surface area contributed by atoms with Crippen LogP contribution in [0.4, 0.5) is 11.4 Å². The Morgan fingerprint density at radius 3 is 1.08 bits per heavy atom. The average molecular weight is 669 g/mol. The third-order valence-electron chi connectivity index (χ3n) is 8.75. The first-order valence-corrected chi connectivity index (χ1v) is 16.8. The Labute approximate surface area is 300 Å². The van der Waals surface area contributed by atoms with E-state index in [0.717, 1.165) is 56.4 Å². The van der Waals surface area contributed by atoms with Gasteiger partial charge in [-0.15, -0.1) is 0 Å². The minimum Gasteiger partial charge on any atom is -0.255 e. The van der Waals surface area contributed by atoms with Gasteiger partial charge in [0.1, 0.15) is 11.4 Å². The van der Waals surface area contributed by atoms with Crippen LogP contribution < -0.4 is 0 Å². The Morgan fingerprint density at radius 1 is 0.269 bits per heavy atom. The van der Waals surface area contributed by atoms with Crippen LogP contribution >= 0.6 is 0 Å². The Kier molecular flexibility index (Phi) is 7.99. The van der Waals surface area contributed by atoms with Gasteiger partial charge in [-0.3, -0.25) is 19.9 Å². The normalized spacial score (nSPS) is 14.1. The molecule has 0 aliphatic carbocycles. The number of rotatable bonds is 6. The maximum absolute atomic E-state index is 5.22. The van der Waals surface area contributed by atoms with Crippen molar-refractivity contribution in [3.63, 3.8) is 0 Å². The van der Waals surface area contributed by atoms with Crippen molar-refractivity contribution in [2.45, 2.75) is 0 Å². The van der Waals surface area contributed by atoms with Crippen molar-refractivity contribution in [1.29, 1.82) is 0 Å². The van der Waals surface area contributed by atoms with Gasteiger partial charge in [0, 0.05) is 47.0 Å². The summed E-state index contributed by atoms with van der Waals surface area (Å²) in [4.78, 5) is 38.7. The second kappa shape index (κ2) is 13.5. The van der Waals surface area contributed by atoms with E-state index in [4.69, 9.17) is 29.9 Å². The van der Waals surface area contributed by atoms with Crippen molar-refractivity contribution >= 4 is 22.8 Å². The highest BCUT2D eigenvalue weighted by atomic mass is 14.9. The number of hydrogen-bond acceptors (Lipinski definition) is 8. The van der Waals surface area contributed by atoms with Crippen LogP contribution in [0.3, 0.4) is 0 Å². The smallest absolute Gasteiger partial charge is 0.115 e. The van der Waals surface area contributed by atoms with E-state index in [1.165, 1.54) is 0 Å². The lowest BCUT2D eigenvalue weighted by Crippen LogP contribution is -2.12. The van der Waals surface area contributed by atoms with Crippen LogP contribution in [0.1, 0.15) is 22.5 Å². The van der Waals surface area contributed by atoms with Crippen LogP contribution in [-0.2, 0) is 0 Å². The summed E-state index contributed by atoms with van der Waals surface area (Å²) in [5.41, 5.74) is 13.0. The van der Waals surface area contributed by atoms with Crippen LogP contribution in [0.15, 0.2) is 180 Å². The molecule has 6 aromatic heterocycles. The van der Waals surface area contributed by atoms with Crippen LogP contribution in [0.2, 0.25) is 0 Å². The number of hydrogen-bond donors (Lipinski definition) is 0. The fraction of sp³-hybridized carbons (Fsp3) is 0. The summed E-state index contributed by atoms with van der Waals surface area (Å²) in [7, 11) is 0. The van der Waals surface area contributed by atoms with E-state index in [1.54, 1.807) is 24.8 Å². The molecule has 0 unspecified atom stereocenters. The average Bonchev–Trinajstić information content (AvgIpc) is 3.22. The quantitative estimate of drug-likeness (QED) is 0.175. The van der Waals surface area contributed by atoms with Crippen LogP contribution in [-0.4, -0.2) is 41.3 Å². The van der Waals surface area contributed by atoms with Crippen LogP contribution in [0.25, 0.3) is 45.3 Å². The summed E-state index contributed by atoms with van der Waals surface area (Å²) in [6.07, 6.45) is 7.11. The molecule has 0 radical (unpaired) electrons. The Bertz CT molecular complexity index is 2420. The molecule has 0 bridgehead atoms. The van der Waals surface area contributed by atoms with Crippen molar-refractivity contribution in [1.82, 2.24) is 29.9 Å². The fourth-order valence-electron chi connectivity index (χ4n) is 6.19. The number of aliphatic imine (C=N–C) groups is 2. The van der Waals surface area contributed by atoms with Crippen LogP contribution in [0.5, 0.6) is 0 Å². The maximum Gasteiger partial charge on any atom is 0.115 e. The van der Waals surface area contributed by atoms with Gasteiger partial charge in [0.25, 0.3) is 0 Å². The number of benzene rings is 2. The van der Waals surface area contributed by atoms with Gasteiger partial charge in [0.05, 0.1) is 57.0 Å². The summed E-state index contributed by atoms with van der Waals surface area (Å²) in [6.45, 7) is 0. The number of fused-ring (bicyclic) bond motifs is 2. The molecule has 9 rings (SSSR count). The largest absolute Gasteiger partial charge is 0.255 e. The van der Waals surface area contributed by atoms with Gasteiger partial charge in [-0.1, -0.05) is 72.8 Å². The zero-order valence-electron chi connectivity index (χ0n) is 27.7. The third kappa shape index (κ3) is 6.05. The standard InChI is InChI=1S/C44H28N8/c1-3-25-45-35(9-1)37-13-5-11-33(49-37)29-17-21-31(22-18-29)41-43-39(15-7-27-47-43)52-42(44-40(51-41)16-8-28-48-44)32-23-19-30(20-24-32)34-12-6-14-38(50-34)36-10-2-4-26-46-36/h1-28H/b43-41?,44-42?,51-40?,51-41-,52-39?,52-42-. The minimum atomic E-state index is 0.685. The third-order valence-corrected chi connectivity index (χ3v) is 8.75. The van der Waals surface area contributed by atoms with Gasteiger partial charge in [0.2, 0.25) is 0 Å². The zero-order valence-corrected chi connectivity index (χ0v) is 27.7. The Balaban J connectivity index is 1.07. The SMILES string of the molecule is c1ccc(-c2cccc(-c3ccc(/C4=N/c5cccnc5/C(c5ccc(-c6cccc(-c7ccccn7)n6)cc5)=N\c5cccnc54)cc3)n2)nc1. The molecule has 8 nitrogen and oxygen atoms in total. The molecule has 1 aliphatic heterocycles. The predicted molar refractivity (Wildman–Crippen MR) is 205 cm³/mol. The zero-order chi connectivity index (χ0) is 34.7. The molecule has 0 amide bonds. The highest BCUT2D eigenvalue weighted by Crippen LogP contribution is 2.33. The Morgan fingerprint density at radius 2 is 0.654 bits per heavy atom. The highest BCUT2D eigenvalue weighted by Gasteiger charge is 2.22. The molecule has 0 spiro atoms. The summed E-state index contributed by atoms with van der Waals surface area (Å²) in [5.74, 6) is 0. The molecule has 1 aliphatic rings. The number of aromatic nitrogens is 6. The molecule has 0 atom stereocenters. The topological polar surface area (TPSA) is 102 Å². The van der Waals surface area contributed by atoms with Crippen molar-refractivity contribution in [2.24, 2.45) is 9.98 Å². The molecule has 0 saturated carbocycles. The molecule has 0 N–H and O–H groups in total. The summed E-state index contributed by atoms with van der Waals surface area (Å²) < 4.78 is 0.